The van der Waals surface area contributed by atoms with E-state index in [9.17, 15) is 4.79 Å². The minimum absolute atomic E-state index is 0.245. The Labute approximate surface area is 132 Å². The average Bonchev–Trinajstić information content (AvgIpc) is 2.63. The third-order valence-corrected chi connectivity index (χ3v) is 3.83. The third-order valence-electron chi connectivity index (χ3n) is 3.55. The molecular weight excluding hydrogens is 280 g/mol. The van der Waals surface area contributed by atoms with E-state index in [1.807, 2.05) is 37.3 Å². The summed E-state index contributed by atoms with van der Waals surface area (Å²) in [5.41, 5.74) is 3.92. The SMILES string of the molecule is CCOC(=O)c1cc(CCC(C)C)c2cc(S)cccc1-2. The fourth-order valence-corrected chi connectivity index (χ4v) is 2.68. The number of fused-ring (bicyclic) bond motifs is 1. The van der Waals surface area contributed by atoms with Gasteiger partial charge in [-0.2, -0.15) is 0 Å². The highest BCUT2D eigenvalue weighted by molar-refractivity contribution is 7.80. The Hall–Kier alpha value is -1.48. The van der Waals surface area contributed by atoms with Gasteiger partial charge in [-0.3, -0.25) is 0 Å². The maximum atomic E-state index is 12.2. The second kappa shape index (κ2) is 6.99. The number of carbonyl (C=O) groups is 1. The fraction of sp³-hybridized carbons (Fsp3) is 0.389. The van der Waals surface area contributed by atoms with Crippen LogP contribution >= 0.6 is 12.6 Å². The van der Waals surface area contributed by atoms with Crippen LogP contribution in [0.3, 0.4) is 0 Å². The molecule has 0 radical (unpaired) electrons. The summed E-state index contributed by atoms with van der Waals surface area (Å²) in [7, 11) is 0. The van der Waals surface area contributed by atoms with E-state index in [0.29, 0.717) is 18.1 Å². The molecule has 0 aromatic rings. The van der Waals surface area contributed by atoms with Crippen molar-refractivity contribution < 1.29 is 9.53 Å². The molecule has 112 valence electrons. The van der Waals surface area contributed by atoms with E-state index in [-0.39, 0.29) is 5.97 Å². The molecule has 0 heterocycles. The number of hydrogen-bond acceptors (Lipinski definition) is 3. The molecule has 2 nitrogen and oxygen atoms in total. The van der Waals surface area contributed by atoms with Gasteiger partial charge in [0.05, 0.1) is 12.2 Å². The Bertz CT molecular complexity index is 605. The molecule has 0 fully saturated rings. The molecule has 0 saturated heterocycles. The van der Waals surface area contributed by atoms with Gasteiger partial charge >= 0.3 is 5.97 Å². The first-order valence-electron chi connectivity index (χ1n) is 7.44. The number of rotatable bonds is 5. The quantitative estimate of drug-likeness (QED) is 0.631. The minimum Gasteiger partial charge on any atom is -0.462 e. The van der Waals surface area contributed by atoms with Gasteiger partial charge < -0.3 is 4.74 Å². The van der Waals surface area contributed by atoms with Crippen molar-refractivity contribution in [2.45, 2.75) is 38.5 Å². The second-order valence-corrected chi connectivity index (χ2v) is 6.17. The van der Waals surface area contributed by atoms with Crippen LogP contribution in [0.4, 0.5) is 0 Å². The summed E-state index contributed by atoms with van der Waals surface area (Å²) >= 11 is 4.45. The van der Waals surface area contributed by atoms with E-state index in [1.165, 1.54) is 5.56 Å². The molecule has 0 spiro atoms. The molecule has 3 heteroatoms. The summed E-state index contributed by atoms with van der Waals surface area (Å²) < 4.78 is 5.18. The first-order valence-corrected chi connectivity index (χ1v) is 7.89. The van der Waals surface area contributed by atoms with E-state index >= 15 is 0 Å². The number of carbonyl (C=O) groups excluding carboxylic acids is 1. The number of hydrogen-bond donors (Lipinski definition) is 1. The first kappa shape index (κ1) is 15.9. The van der Waals surface area contributed by atoms with Crippen LogP contribution in [0, 0.1) is 5.92 Å². The number of ether oxygens (including phenoxy) is 1. The smallest absolute Gasteiger partial charge is 0.338 e. The van der Waals surface area contributed by atoms with Gasteiger partial charge in [-0.25, -0.2) is 4.79 Å². The van der Waals surface area contributed by atoms with Gasteiger partial charge in [0.1, 0.15) is 0 Å². The summed E-state index contributed by atoms with van der Waals surface area (Å²) in [5, 5.41) is 0. The van der Waals surface area contributed by atoms with Crippen molar-refractivity contribution in [2.24, 2.45) is 5.92 Å². The van der Waals surface area contributed by atoms with Gasteiger partial charge in [0.15, 0.2) is 0 Å². The van der Waals surface area contributed by atoms with Crippen molar-refractivity contribution in [3.63, 3.8) is 0 Å². The van der Waals surface area contributed by atoms with Crippen molar-refractivity contribution in [1.29, 1.82) is 0 Å². The van der Waals surface area contributed by atoms with Crippen LogP contribution in [-0.4, -0.2) is 12.6 Å². The molecule has 0 atom stereocenters. The zero-order valence-electron chi connectivity index (χ0n) is 12.8. The van der Waals surface area contributed by atoms with E-state index in [4.69, 9.17) is 4.74 Å². The minimum atomic E-state index is -0.245. The summed E-state index contributed by atoms with van der Waals surface area (Å²) in [6.07, 6.45) is 2.06. The molecule has 2 aliphatic carbocycles. The van der Waals surface area contributed by atoms with E-state index in [2.05, 4.69) is 26.5 Å². The Morgan fingerprint density at radius 2 is 2.00 bits per heavy atom. The topological polar surface area (TPSA) is 26.3 Å². The van der Waals surface area contributed by atoms with Crippen LogP contribution < -0.4 is 0 Å². The molecular formula is C18H22O2S. The van der Waals surface area contributed by atoms with Gasteiger partial charge in [-0.05, 0) is 60.6 Å². The van der Waals surface area contributed by atoms with Gasteiger partial charge in [0.2, 0.25) is 0 Å². The summed E-state index contributed by atoms with van der Waals surface area (Å²) in [4.78, 5) is 13.1. The Balaban J connectivity index is 2.47. The normalized spacial score (nSPS) is 11.1. The van der Waals surface area contributed by atoms with Crippen LogP contribution in [0.1, 0.15) is 43.1 Å². The highest BCUT2D eigenvalue weighted by Crippen LogP contribution is 2.35. The first-order chi connectivity index (χ1) is 10.0. The summed E-state index contributed by atoms with van der Waals surface area (Å²) in [5.74, 6) is 0.388. The second-order valence-electron chi connectivity index (χ2n) is 5.66. The fourth-order valence-electron chi connectivity index (χ4n) is 2.47. The molecule has 2 rings (SSSR count). The van der Waals surface area contributed by atoms with Crippen molar-refractivity contribution in [2.75, 3.05) is 6.61 Å². The predicted molar refractivity (Wildman–Crippen MR) is 89.4 cm³/mol. The Morgan fingerprint density at radius 3 is 2.67 bits per heavy atom. The maximum Gasteiger partial charge on any atom is 0.338 e. The molecule has 0 saturated carbocycles. The van der Waals surface area contributed by atoms with Crippen molar-refractivity contribution in [1.82, 2.24) is 0 Å². The molecule has 0 aliphatic heterocycles. The summed E-state index contributed by atoms with van der Waals surface area (Å²) in [6, 6.07) is 9.86. The molecule has 0 amide bonds. The van der Waals surface area contributed by atoms with Gasteiger partial charge in [-0.15, -0.1) is 12.6 Å². The number of esters is 1. The molecule has 0 aromatic carbocycles. The van der Waals surface area contributed by atoms with Crippen LogP contribution in [0.15, 0.2) is 35.2 Å². The average molecular weight is 302 g/mol. The molecule has 2 aliphatic rings. The third kappa shape index (κ3) is 3.79. The molecule has 0 N–H and O–H groups in total. The zero-order valence-corrected chi connectivity index (χ0v) is 13.7. The van der Waals surface area contributed by atoms with Crippen molar-refractivity contribution in [3.05, 3.63) is 41.5 Å². The van der Waals surface area contributed by atoms with Gasteiger partial charge in [-0.1, -0.05) is 26.0 Å². The van der Waals surface area contributed by atoms with Crippen LogP contribution in [0.2, 0.25) is 0 Å². The molecule has 0 aromatic heterocycles. The Kier molecular flexibility index (Phi) is 5.29. The van der Waals surface area contributed by atoms with Crippen LogP contribution in [0.25, 0.3) is 11.1 Å². The molecule has 0 unspecified atom stereocenters. The van der Waals surface area contributed by atoms with Crippen molar-refractivity contribution >= 4 is 18.6 Å². The lowest BCUT2D eigenvalue weighted by molar-refractivity contribution is 0.0527. The number of thiol groups is 1. The van der Waals surface area contributed by atoms with Crippen molar-refractivity contribution in [3.8, 4) is 11.1 Å². The zero-order chi connectivity index (χ0) is 15.4. The lowest BCUT2D eigenvalue weighted by atomic mass is 10.0. The lowest BCUT2D eigenvalue weighted by Crippen LogP contribution is -2.03. The number of aryl methyl sites for hydroxylation is 1. The van der Waals surface area contributed by atoms with E-state index < -0.39 is 0 Å². The monoisotopic (exact) mass is 302 g/mol. The van der Waals surface area contributed by atoms with Gasteiger partial charge in [0, 0.05) is 4.90 Å². The Morgan fingerprint density at radius 1 is 1.24 bits per heavy atom. The largest absolute Gasteiger partial charge is 0.462 e. The maximum absolute atomic E-state index is 12.2. The predicted octanol–water partition coefficient (Wildman–Crippen LogP) is 4.85. The van der Waals surface area contributed by atoms with Crippen LogP contribution in [-0.2, 0) is 11.2 Å². The summed E-state index contributed by atoms with van der Waals surface area (Å²) in [6.45, 7) is 6.64. The lowest BCUT2D eigenvalue weighted by Gasteiger charge is -2.05. The van der Waals surface area contributed by atoms with E-state index in [1.54, 1.807) is 0 Å². The highest BCUT2D eigenvalue weighted by atomic mass is 32.1. The van der Waals surface area contributed by atoms with Crippen LogP contribution in [0.5, 0.6) is 0 Å². The molecule has 21 heavy (non-hydrogen) atoms. The van der Waals surface area contributed by atoms with E-state index in [0.717, 1.165) is 28.9 Å². The molecule has 0 bridgehead atoms. The van der Waals surface area contributed by atoms with Gasteiger partial charge in [0.25, 0.3) is 0 Å². The standard InChI is InChI=1S/C18H22O2S/c1-4-20-18(19)17-10-13(9-8-12(2)3)16-11-14(21)6-5-7-15(16)17/h5-7,10-12,21H,4,8-9H2,1-3H3. The highest BCUT2D eigenvalue weighted by Gasteiger charge is 2.20.